The Labute approximate surface area is 210 Å². The van der Waals surface area contributed by atoms with Crippen LogP contribution in [-0.4, -0.2) is 17.7 Å². The minimum atomic E-state index is -0.706. The fourth-order valence-corrected chi connectivity index (χ4v) is 5.16. The van der Waals surface area contributed by atoms with Gasteiger partial charge >= 0.3 is 5.97 Å². The topological polar surface area (TPSA) is 75.7 Å². The van der Waals surface area contributed by atoms with Crippen molar-refractivity contribution in [2.24, 2.45) is 5.41 Å². The molecule has 0 radical (unpaired) electrons. The van der Waals surface area contributed by atoms with Gasteiger partial charge in [0.1, 0.15) is 5.75 Å². The summed E-state index contributed by atoms with van der Waals surface area (Å²) in [7, 11) is 0. The number of rotatable bonds is 3. The smallest absolute Gasteiger partial charge is 0.308 e. The highest BCUT2D eigenvalue weighted by molar-refractivity contribution is 6.12. The number of amides is 1. The molecule has 1 heterocycles. The van der Waals surface area contributed by atoms with Crippen molar-refractivity contribution in [3.05, 3.63) is 101 Å². The van der Waals surface area contributed by atoms with Crippen LogP contribution in [0.4, 0.5) is 11.4 Å². The SMILES string of the molecule is CC(=O)Oc1cccc([C@@H]2C3=C(CC(C)(C)CC3=O)Nc3ccccc3N2C(=O)c2ccccc2)c1. The predicted octanol–water partition coefficient (Wildman–Crippen LogP) is 6.07. The zero-order valence-electron chi connectivity index (χ0n) is 20.6. The highest BCUT2D eigenvalue weighted by atomic mass is 16.5. The second-order valence-corrected chi connectivity index (χ2v) is 10.1. The second kappa shape index (κ2) is 9.11. The number of esters is 1. The van der Waals surface area contributed by atoms with Crippen molar-refractivity contribution in [2.45, 2.75) is 39.7 Å². The zero-order valence-corrected chi connectivity index (χ0v) is 20.6. The maximum absolute atomic E-state index is 14.1. The highest BCUT2D eigenvalue weighted by Crippen LogP contribution is 2.49. The van der Waals surface area contributed by atoms with Gasteiger partial charge in [-0.25, -0.2) is 0 Å². The lowest BCUT2D eigenvalue weighted by atomic mass is 9.73. The molecule has 0 bridgehead atoms. The number of anilines is 2. The molecule has 3 aromatic rings. The molecule has 1 aliphatic heterocycles. The standard InChI is InChI=1S/C30H28N2O4/c1-19(33)36-22-13-9-12-21(16-22)28-27-24(17-30(2,3)18-26(27)34)31-23-14-7-8-15-25(23)32(28)29(35)20-10-5-4-6-11-20/h4-16,28,31H,17-18H2,1-3H3/t28-/m1/s1. The molecule has 1 atom stereocenters. The van der Waals surface area contributed by atoms with Gasteiger partial charge in [-0.2, -0.15) is 0 Å². The van der Waals surface area contributed by atoms with Crippen molar-refractivity contribution in [3.63, 3.8) is 0 Å². The number of carbonyl (C=O) groups is 3. The summed E-state index contributed by atoms with van der Waals surface area (Å²) in [6, 6.07) is 23.0. The van der Waals surface area contributed by atoms with E-state index in [2.05, 4.69) is 19.2 Å². The van der Waals surface area contributed by atoms with E-state index in [0.717, 1.165) is 11.4 Å². The second-order valence-electron chi connectivity index (χ2n) is 10.1. The van der Waals surface area contributed by atoms with E-state index >= 15 is 0 Å². The van der Waals surface area contributed by atoms with Crippen LogP contribution in [0.1, 0.15) is 55.6 Å². The van der Waals surface area contributed by atoms with Gasteiger partial charge in [-0.05, 0) is 53.8 Å². The molecule has 2 aliphatic rings. The lowest BCUT2D eigenvalue weighted by molar-refractivity contribution is -0.131. The highest BCUT2D eigenvalue weighted by Gasteiger charge is 2.43. The van der Waals surface area contributed by atoms with Crippen molar-refractivity contribution in [1.82, 2.24) is 0 Å². The van der Waals surface area contributed by atoms with Gasteiger partial charge in [-0.15, -0.1) is 0 Å². The number of ether oxygens (including phenoxy) is 1. The number of nitrogens with one attached hydrogen (secondary N) is 1. The Bertz CT molecular complexity index is 1390. The minimum Gasteiger partial charge on any atom is -0.427 e. The zero-order chi connectivity index (χ0) is 25.4. The molecule has 182 valence electrons. The monoisotopic (exact) mass is 480 g/mol. The Kier molecular flexibility index (Phi) is 5.96. The normalized spacial score (nSPS) is 18.5. The summed E-state index contributed by atoms with van der Waals surface area (Å²) in [6.07, 6.45) is 1.03. The number of hydrogen-bond donors (Lipinski definition) is 1. The molecule has 6 nitrogen and oxygen atoms in total. The van der Waals surface area contributed by atoms with Gasteiger partial charge in [-0.1, -0.05) is 56.3 Å². The molecular weight excluding hydrogens is 452 g/mol. The van der Waals surface area contributed by atoms with Crippen LogP contribution in [0.25, 0.3) is 0 Å². The third kappa shape index (κ3) is 4.42. The van der Waals surface area contributed by atoms with Gasteiger partial charge in [0.15, 0.2) is 5.78 Å². The number of Topliss-reactive ketones (excluding diaryl/α,β-unsaturated/α-hetero) is 1. The Hall–Kier alpha value is -4.19. The number of fused-ring (bicyclic) bond motifs is 1. The number of nitrogens with zero attached hydrogens (tertiary/aromatic N) is 1. The third-order valence-electron chi connectivity index (χ3n) is 6.58. The van der Waals surface area contributed by atoms with Gasteiger partial charge < -0.3 is 10.1 Å². The maximum Gasteiger partial charge on any atom is 0.308 e. The van der Waals surface area contributed by atoms with Crippen LogP contribution in [0.15, 0.2) is 90.1 Å². The molecule has 6 heteroatoms. The first-order valence-corrected chi connectivity index (χ1v) is 12.0. The molecule has 0 unspecified atom stereocenters. The van der Waals surface area contributed by atoms with E-state index in [9.17, 15) is 14.4 Å². The summed E-state index contributed by atoms with van der Waals surface area (Å²) < 4.78 is 5.36. The maximum atomic E-state index is 14.1. The van der Waals surface area contributed by atoms with E-state index < -0.39 is 12.0 Å². The van der Waals surface area contributed by atoms with E-state index in [0.29, 0.717) is 41.0 Å². The molecule has 1 N–H and O–H groups in total. The largest absolute Gasteiger partial charge is 0.427 e. The molecule has 5 rings (SSSR count). The van der Waals surface area contributed by atoms with Crippen LogP contribution in [0.5, 0.6) is 5.75 Å². The van der Waals surface area contributed by atoms with Crippen LogP contribution in [0.2, 0.25) is 0 Å². The van der Waals surface area contributed by atoms with E-state index in [-0.39, 0.29) is 17.1 Å². The Morgan fingerprint density at radius 2 is 1.67 bits per heavy atom. The number of ketones is 1. The predicted molar refractivity (Wildman–Crippen MR) is 139 cm³/mol. The lowest BCUT2D eigenvalue weighted by Crippen LogP contribution is -2.39. The fourth-order valence-electron chi connectivity index (χ4n) is 5.16. The van der Waals surface area contributed by atoms with Crippen molar-refractivity contribution in [3.8, 4) is 5.75 Å². The van der Waals surface area contributed by atoms with Gasteiger partial charge in [0.2, 0.25) is 0 Å². The molecule has 1 aliphatic carbocycles. The first-order valence-electron chi connectivity index (χ1n) is 12.0. The fraction of sp³-hybridized carbons (Fsp3) is 0.233. The number of allylic oxidation sites excluding steroid dienone is 1. The molecule has 0 fully saturated rings. The van der Waals surface area contributed by atoms with Gasteiger partial charge in [0.05, 0.1) is 17.4 Å². The van der Waals surface area contributed by atoms with Crippen LogP contribution in [-0.2, 0) is 9.59 Å². The number of para-hydroxylation sites is 2. The Balaban J connectivity index is 1.78. The first kappa shape index (κ1) is 23.5. The molecule has 1 amide bonds. The summed E-state index contributed by atoms with van der Waals surface area (Å²) in [5, 5.41) is 3.51. The molecule has 0 spiro atoms. The molecular formula is C30H28N2O4. The van der Waals surface area contributed by atoms with Crippen molar-refractivity contribution in [1.29, 1.82) is 0 Å². The molecule has 0 saturated carbocycles. The van der Waals surface area contributed by atoms with Gasteiger partial charge in [0, 0.05) is 30.2 Å². The molecule has 3 aromatic carbocycles. The van der Waals surface area contributed by atoms with E-state index in [1.807, 2.05) is 48.5 Å². The van der Waals surface area contributed by atoms with E-state index in [1.165, 1.54) is 6.92 Å². The van der Waals surface area contributed by atoms with Crippen LogP contribution >= 0.6 is 0 Å². The summed E-state index contributed by atoms with van der Waals surface area (Å²) >= 11 is 0. The number of hydrogen-bond acceptors (Lipinski definition) is 5. The average molecular weight is 481 g/mol. The van der Waals surface area contributed by atoms with E-state index in [1.54, 1.807) is 35.2 Å². The third-order valence-corrected chi connectivity index (χ3v) is 6.58. The summed E-state index contributed by atoms with van der Waals surface area (Å²) in [5.74, 6) is -0.301. The summed E-state index contributed by atoms with van der Waals surface area (Å²) in [5.41, 5.74) is 3.80. The minimum absolute atomic E-state index is 0.00435. The molecule has 0 saturated heterocycles. The number of carbonyl (C=O) groups excluding carboxylic acids is 3. The molecule has 36 heavy (non-hydrogen) atoms. The van der Waals surface area contributed by atoms with Crippen LogP contribution < -0.4 is 15.0 Å². The Morgan fingerprint density at radius 1 is 0.944 bits per heavy atom. The van der Waals surface area contributed by atoms with E-state index in [4.69, 9.17) is 4.74 Å². The van der Waals surface area contributed by atoms with Crippen molar-refractivity contribution < 1.29 is 19.1 Å². The van der Waals surface area contributed by atoms with Crippen molar-refractivity contribution in [2.75, 3.05) is 10.2 Å². The first-order chi connectivity index (χ1) is 17.2. The Morgan fingerprint density at radius 3 is 2.42 bits per heavy atom. The number of benzene rings is 3. The average Bonchev–Trinajstić information content (AvgIpc) is 2.97. The van der Waals surface area contributed by atoms with Gasteiger partial charge in [-0.3, -0.25) is 19.3 Å². The van der Waals surface area contributed by atoms with Gasteiger partial charge in [0.25, 0.3) is 5.91 Å². The lowest BCUT2D eigenvalue weighted by Gasteiger charge is -2.37. The summed E-state index contributed by atoms with van der Waals surface area (Å²) in [4.78, 5) is 41.3. The van der Waals surface area contributed by atoms with Crippen molar-refractivity contribution >= 4 is 29.0 Å². The quantitative estimate of drug-likeness (QED) is 0.364. The molecule has 0 aromatic heterocycles. The summed E-state index contributed by atoms with van der Waals surface area (Å²) in [6.45, 7) is 5.50. The van der Waals surface area contributed by atoms with Crippen LogP contribution in [0, 0.1) is 5.41 Å². The van der Waals surface area contributed by atoms with Crippen LogP contribution in [0.3, 0.4) is 0 Å².